The van der Waals surface area contributed by atoms with Crippen molar-refractivity contribution in [2.24, 2.45) is 0 Å². The van der Waals surface area contributed by atoms with E-state index >= 15 is 0 Å². The second-order valence-corrected chi connectivity index (χ2v) is 6.64. The molecule has 0 saturated carbocycles. The van der Waals surface area contributed by atoms with Gasteiger partial charge in [0.05, 0.1) is 16.8 Å². The fourth-order valence-corrected chi connectivity index (χ4v) is 4.00. The van der Waals surface area contributed by atoms with Crippen LogP contribution in [0.2, 0.25) is 5.02 Å². The van der Waals surface area contributed by atoms with Crippen molar-refractivity contribution in [2.45, 2.75) is 13.5 Å². The molecular weight excluding hydrogens is 344 g/mol. The Morgan fingerprint density at radius 1 is 1.29 bits per heavy atom. The predicted octanol–water partition coefficient (Wildman–Crippen LogP) is 4.69. The number of rotatable bonds is 3. The molecule has 0 radical (unpaired) electrons. The number of phenols is 1. The molecule has 3 rings (SSSR count). The lowest BCUT2D eigenvalue weighted by Gasteiger charge is -2.19. The number of nitrogens with zero attached hydrogens (tertiary/aromatic N) is 2. The van der Waals surface area contributed by atoms with Crippen molar-refractivity contribution in [2.75, 3.05) is 4.90 Å². The van der Waals surface area contributed by atoms with Gasteiger partial charge < -0.3 is 5.11 Å². The third-order valence-corrected chi connectivity index (χ3v) is 5.42. The van der Waals surface area contributed by atoms with Crippen LogP contribution in [0.15, 0.2) is 42.5 Å². The SMILES string of the molecule is CC(=O)N(Cc1ccccc1)c1sc2c(Cl)c(O)ccc2c1C#N. The number of benzene rings is 2. The van der Waals surface area contributed by atoms with Crippen LogP contribution in [0.3, 0.4) is 0 Å². The molecule has 0 aliphatic heterocycles. The van der Waals surface area contributed by atoms with E-state index in [0.29, 0.717) is 27.2 Å². The van der Waals surface area contributed by atoms with Crippen molar-refractivity contribution in [3.8, 4) is 11.8 Å². The molecule has 0 spiro atoms. The van der Waals surface area contributed by atoms with E-state index in [-0.39, 0.29) is 16.7 Å². The number of thiophene rings is 1. The van der Waals surface area contributed by atoms with Crippen LogP contribution >= 0.6 is 22.9 Å². The van der Waals surface area contributed by atoms with Gasteiger partial charge in [0, 0.05) is 12.3 Å². The van der Waals surface area contributed by atoms with Crippen LogP contribution in [0.4, 0.5) is 5.00 Å². The van der Waals surface area contributed by atoms with Gasteiger partial charge in [-0.25, -0.2) is 0 Å². The zero-order valence-electron chi connectivity index (χ0n) is 12.8. The zero-order chi connectivity index (χ0) is 17.3. The quantitative estimate of drug-likeness (QED) is 0.740. The number of aromatic hydroxyl groups is 1. The second-order valence-electron chi connectivity index (χ2n) is 5.26. The number of carbonyl (C=O) groups excluding carboxylic acids is 1. The van der Waals surface area contributed by atoms with Gasteiger partial charge in [0.25, 0.3) is 0 Å². The number of phenolic OH excluding ortho intramolecular Hbond substituents is 1. The topological polar surface area (TPSA) is 64.3 Å². The number of fused-ring (bicyclic) bond motifs is 1. The second kappa shape index (κ2) is 6.52. The maximum atomic E-state index is 12.2. The van der Waals surface area contributed by atoms with Crippen molar-refractivity contribution in [1.29, 1.82) is 5.26 Å². The summed E-state index contributed by atoms with van der Waals surface area (Å²) in [6.45, 7) is 1.83. The fraction of sp³-hybridized carbons (Fsp3) is 0.111. The molecule has 0 fully saturated rings. The van der Waals surface area contributed by atoms with Gasteiger partial charge >= 0.3 is 0 Å². The number of carbonyl (C=O) groups is 1. The molecule has 1 N–H and O–H groups in total. The smallest absolute Gasteiger partial charge is 0.224 e. The number of hydrogen-bond donors (Lipinski definition) is 1. The summed E-state index contributed by atoms with van der Waals surface area (Å²) in [5.74, 6) is -0.207. The zero-order valence-corrected chi connectivity index (χ0v) is 14.4. The average molecular weight is 357 g/mol. The summed E-state index contributed by atoms with van der Waals surface area (Å²) in [4.78, 5) is 13.7. The largest absolute Gasteiger partial charge is 0.506 e. The summed E-state index contributed by atoms with van der Waals surface area (Å²) in [7, 11) is 0. The van der Waals surface area contributed by atoms with E-state index in [1.54, 1.807) is 11.0 Å². The molecule has 0 saturated heterocycles. The highest BCUT2D eigenvalue weighted by atomic mass is 35.5. The first kappa shape index (κ1) is 16.3. The molecule has 0 aliphatic carbocycles. The molecular formula is C18H13ClN2O2S. The number of anilines is 1. The van der Waals surface area contributed by atoms with E-state index in [1.165, 1.54) is 24.3 Å². The Labute approximate surface area is 148 Å². The molecule has 1 heterocycles. The molecule has 0 bridgehead atoms. The van der Waals surface area contributed by atoms with E-state index in [0.717, 1.165) is 5.56 Å². The minimum atomic E-state index is -0.165. The Bertz CT molecular complexity index is 961. The first-order valence-corrected chi connectivity index (χ1v) is 8.38. The Balaban J connectivity index is 2.16. The van der Waals surface area contributed by atoms with E-state index in [4.69, 9.17) is 11.6 Å². The maximum Gasteiger partial charge on any atom is 0.224 e. The molecule has 4 nitrogen and oxygen atoms in total. The fourth-order valence-electron chi connectivity index (χ4n) is 2.50. The normalized spacial score (nSPS) is 10.5. The Hall–Kier alpha value is -2.55. The van der Waals surface area contributed by atoms with Crippen molar-refractivity contribution in [1.82, 2.24) is 0 Å². The van der Waals surface area contributed by atoms with Gasteiger partial charge in [-0.2, -0.15) is 5.26 Å². The highest BCUT2D eigenvalue weighted by Crippen LogP contribution is 2.44. The van der Waals surface area contributed by atoms with Crippen LogP contribution in [-0.2, 0) is 11.3 Å². The lowest BCUT2D eigenvalue weighted by atomic mass is 10.1. The number of hydrogen-bond acceptors (Lipinski definition) is 4. The predicted molar refractivity (Wildman–Crippen MR) is 96.5 cm³/mol. The molecule has 120 valence electrons. The van der Waals surface area contributed by atoms with Crippen molar-refractivity contribution >= 4 is 43.9 Å². The minimum Gasteiger partial charge on any atom is -0.506 e. The lowest BCUT2D eigenvalue weighted by Crippen LogP contribution is -2.27. The van der Waals surface area contributed by atoms with Crippen LogP contribution in [0.25, 0.3) is 10.1 Å². The highest BCUT2D eigenvalue weighted by molar-refractivity contribution is 7.24. The molecule has 24 heavy (non-hydrogen) atoms. The summed E-state index contributed by atoms with van der Waals surface area (Å²) in [5.41, 5.74) is 1.35. The highest BCUT2D eigenvalue weighted by Gasteiger charge is 2.23. The standard InChI is InChI=1S/C18H13ClN2O2S/c1-11(22)21(10-12-5-3-2-4-6-12)18-14(9-20)13-7-8-15(23)16(19)17(13)24-18/h2-8,23H,10H2,1H3. The third kappa shape index (κ3) is 2.82. The first-order chi connectivity index (χ1) is 11.5. The first-order valence-electron chi connectivity index (χ1n) is 7.19. The average Bonchev–Trinajstić information content (AvgIpc) is 2.95. The molecule has 0 unspecified atom stereocenters. The van der Waals surface area contributed by atoms with Crippen molar-refractivity contribution < 1.29 is 9.90 Å². The third-order valence-electron chi connectivity index (χ3n) is 3.68. The van der Waals surface area contributed by atoms with Gasteiger partial charge in [-0.3, -0.25) is 9.69 Å². The molecule has 0 aliphatic rings. The van der Waals surface area contributed by atoms with Crippen LogP contribution in [-0.4, -0.2) is 11.0 Å². The van der Waals surface area contributed by atoms with Crippen LogP contribution in [0.1, 0.15) is 18.1 Å². The van der Waals surface area contributed by atoms with E-state index < -0.39 is 0 Å². The molecule has 6 heteroatoms. The summed E-state index contributed by atoms with van der Waals surface area (Å²) in [5, 5.41) is 20.7. The van der Waals surface area contributed by atoms with Gasteiger partial charge in [0.1, 0.15) is 21.8 Å². The van der Waals surface area contributed by atoms with Gasteiger partial charge in [-0.1, -0.05) is 41.9 Å². The van der Waals surface area contributed by atoms with Crippen LogP contribution < -0.4 is 4.90 Å². The van der Waals surface area contributed by atoms with Crippen molar-refractivity contribution in [3.63, 3.8) is 0 Å². The lowest BCUT2D eigenvalue weighted by molar-refractivity contribution is -0.116. The summed E-state index contributed by atoms with van der Waals surface area (Å²) in [6, 6.07) is 14.8. The Morgan fingerprint density at radius 2 is 2.00 bits per heavy atom. The van der Waals surface area contributed by atoms with E-state index in [2.05, 4.69) is 6.07 Å². The number of halogens is 1. The number of amides is 1. The monoisotopic (exact) mass is 356 g/mol. The molecule has 3 aromatic rings. The van der Waals surface area contributed by atoms with Gasteiger partial charge in [-0.15, -0.1) is 11.3 Å². The minimum absolute atomic E-state index is 0.0427. The van der Waals surface area contributed by atoms with Crippen LogP contribution in [0, 0.1) is 11.3 Å². The van der Waals surface area contributed by atoms with E-state index in [1.807, 2.05) is 30.3 Å². The van der Waals surface area contributed by atoms with E-state index in [9.17, 15) is 15.2 Å². The molecule has 1 amide bonds. The summed E-state index contributed by atoms with van der Waals surface area (Å²) in [6.07, 6.45) is 0. The van der Waals surface area contributed by atoms with Gasteiger partial charge in [0.2, 0.25) is 5.91 Å². The Morgan fingerprint density at radius 3 is 2.62 bits per heavy atom. The van der Waals surface area contributed by atoms with Crippen molar-refractivity contribution in [3.05, 3.63) is 58.6 Å². The molecule has 1 aromatic heterocycles. The number of nitriles is 1. The van der Waals surface area contributed by atoms with Crippen LogP contribution in [0.5, 0.6) is 5.75 Å². The van der Waals surface area contributed by atoms with Gasteiger partial charge in [0.15, 0.2) is 0 Å². The van der Waals surface area contributed by atoms with Gasteiger partial charge in [-0.05, 0) is 17.7 Å². The molecule has 2 aromatic carbocycles. The Kier molecular flexibility index (Phi) is 4.43. The maximum absolute atomic E-state index is 12.2. The summed E-state index contributed by atoms with van der Waals surface area (Å²) < 4.78 is 0.600. The summed E-state index contributed by atoms with van der Waals surface area (Å²) >= 11 is 7.40. The molecule has 0 atom stereocenters.